The molecular weight excluding hydrogens is 338 g/mol. The Balaban J connectivity index is 2.18. The van der Waals surface area contributed by atoms with E-state index >= 15 is 0 Å². The van der Waals surface area contributed by atoms with Crippen LogP contribution in [0.2, 0.25) is 0 Å². The highest BCUT2D eigenvalue weighted by Gasteiger charge is 2.22. The zero-order valence-corrected chi connectivity index (χ0v) is 16.9. The van der Waals surface area contributed by atoms with Crippen LogP contribution in [-0.2, 0) is 29.7 Å². The molecule has 0 aliphatic heterocycles. The first kappa shape index (κ1) is 20.7. The zero-order chi connectivity index (χ0) is 19.8. The Bertz CT molecular complexity index is 737. The summed E-state index contributed by atoms with van der Waals surface area (Å²) in [7, 11) is 1.98. The standard InChI is InChI=1S/C22H31N3O2/c1-5-21(26)24(14-18(2)3)17-22(27)25(15-19-10-7-6-8-11-19)16-20-12-9-13-23(20)4/h6-13,18H,5,14-17H2,1-4H3. The Morgan fingerprint density at radius 1 is 0.963 bits per heavy atom. The molecule has 0 saturated carbocycles. The third-order valence-corrected chi connectivity index (χ3v) is 4.54. The first-order chi connectivity index (χ1) is 12.9. The van der Waals surface area contributed by atoms with Crippen LogP contribution in [-0.4, -0.2) is 39.3 Å². The van der Waals surface area contributed by atoms with Crippen LogP contribution in [0.3, 0.4) is 0 Å². The highest BCUT2D eigenvalue weighted by atomic mass is 16.2. The van der Waals surface area contributed by atoms with Gasteiger partial charge in [-0.2, -0.15) is 0 Å². The summed E-state index contributed by atoms with van der Waals surface area (Å²) < 4.78 is 2.02. The predicted octanol–water partition coefficient (Wildman–Crippen LogP) is 3.45. The van der Waals surface area contributed by atoms with E-state index in [4.69, 9.17) is 0 Å². The Hall–Kier alpha value is -2.56. The minimum atomic E-state index is -0.0255. The van der Waals surface area contributed by atoms with Crippen molar-refractivity contribution in [3.63, 3.8) is 0 Å². The molecule has 146 valence electrons. The molecule has 1 aromatic heterocycles. The number of hydrogen-bond donors (Lipinski definition) is 0. The molecule has 0 N–H and O–H groups in total. The topological polar surface area (TPSA) is 45.6 Å². The van der Waals surface area contributed by atoms with Crippen LogP contribution >= 0.6 is 0 Å². The van der Waals surface area contributed by atoms with Crippen molar-refractivity contribution in [2.45, 2.75) is 40.3 Å². The fourth-order valence-corrected chi connectivity index (χ4v) is 3.07. The SMILES string of the molecule is CCC(=O)N(CC(=O)N(Cc1ccccc1)Cc1cccn1C)CC(C)C. The molecule has 1 heterocycles. The molecule has 0 radical (unpaired) electrons. The zero-order valence-electron chi connectivity index (χ0n) is 16.9. The Morgan fingerprint density at radius 2 is 1.67 bits per heavy atom. The van der Waals surface area contributed by atoms with Gasteiger partial charge in [0.25, 0.3) is 0 Å². The number of carbonyl (C=O) groups is 2. The van der Waals surface area contributed by atoms with Crippen LogP contribution in [0.1, 0.15) is 38.4 Å². The number of benzene rings is 1. The van der Waals surface area contributed by atoms with Crippen LogP contribution in [0, 0.1) is 5.92 Å². The van der Waals surface area contributed by atoms with Crippen molar-refractivity contribution in [1.29, 1.82) is 0 Å². The van der Waals surface area contributed by atoms with Crippen molar-refractivity contribution in [1.82, 2.24) is 14.4 Å². The van der Waals surface area contributed by atoms with Crippen molar-refractivity contribution in [2.24, 2.45) is 13.0 Å². The van der Waals surface area contributed by atoms with Crippen LogP contribution < -0.4 is 0 Å². The monoisotopic (exact) mass is 369 g/mol. The summed E-state index contributed by atoms with van der Waals surface area (Å²) in [5.74, 6) is 0.321. The van der Waals surface area contributed by atoms with E-state index in [0.29, 0.717) is 32.0 Å². The van der Waals surface area contributed by atoms with Crippen molar-refractivity contribution in [2.75, 3.05) is 13.1 Å². The molecule has 2 rings (SSSR count). The summed E-state index contributed by atoms with van der Waals surface area (Å²) in [5, 5.41) is 0. The van der Waals surface area contributed by atoms with Gasteiger partial charge < -0.3 is 14.4 Å². The van der Waals surface area contributed by atoms with E-state index in [1.807, 2.05) is 72.1 Å². The second-order valence-corrected chi connectivity index (χ2v) is 7.37. The van der Waals surface area contributed by atoms with Crippen molar-refractivity contribution in [3.8, 4) is 0 Å². The molecule has 0 unspecified atom stereocenters. The van der Waals surface area contributed by atoms with E-state index in [1.54, 1.807) is 4.90 Å². The first-order valence-corrected chi connectivity index (χ1v) is 9.60. The number of hydrogen-bond acceptors (Lipinski definition) is 2. The first-order valence-electron chi connectivity index (χ1n) is 9.60. The second-order valence-electron chi connectivity index (χ2n) is 7.37. The maximum Gasteiger partial charge on any atom is 0.242 e. The lowest BCUT2D eigenvalue weighted by Gasteiger charge is -2.29. The van der Waals surface area contributed by atoms with Gasteiger partial charge in [-0.15, -0.1) is 0 Å². The lowest BCUT2D eigenvalue weighted by Crippen LogP contribution is -2.43. The molecule has 0 aliphatic rings. The second kappa shape index (κ2) is 9.95. The molecule has 5 nitrogen and oxygen atoms in total. The largest absolute Gasteiger partial charge is 0.353 e. The summed E-state index contributed by atoms with van der Waals surface area (Å²) >= 11 is 0. The fourth-order valence-electron chi connectivity index (χ4n) is 3.07. The number of rotatable bonds is 9. The smallest absolute Gasteiger partial charge is 0.242 e. The van der Waals surface area contributed by atoms with Gasteiger partial charge in [0.1, 0.15) is 0 Å². The number of aryl methyl sites for hydroxylation is 1. The summed E-state index contributed by atoms with van der Waals surface area (Å²) in [4.78, 5) is 28.9. The summed E-state index contributed by atoms with van der Waals surface area (Å²) in [5.41, 5.74) is 2.15. The minimum absolute atomic E-state index is 0.0237. The van der Waals surface area contributed by atoms with Gasteiger partial charge in [-0.05, 0) is 23.6 Å². The minimum Gasteiger partial charge on any atom is -0.353 e. The number of carbonyl (C=O) groups excluding carboxylic acids is 2. The lowest BCUT2D eigenvalue weighted by molar-refractivity contribution is -0.141. The molecule has 0 fully saturated rings. The summed E-state index contributed by atoms with van der Waals surface area (Å²) in [6.07, 6.45) is 2.39. The normalized spacial score (nSPS) is 10.9. The predicted molar refractivity (Wildman–Crippen MR) is 108 cm³/mol. The van der Waals surface area contributed by atoms with Gasteiger partial charge in [0.2, 0.25) is 11.8 Å². The number of nitrogens with zero attached hydrogens (tertiary/aromatic N) is 3. The number of aromatic nitrogens is 1. The highest BCUT2D eigenvalue weighted by Crippen LogP contribution is 2.12. The number of amides is 2. The van der Waals surface area contributed by atoms with Crippen LogP contribution in [0.15, 0.2) is 48.7 Å². The highest BCUT2D eigenvalue weighted by molar-refractivity contribution is 5.84. The maximum absolute atomic E-state index is 13.1. The molecule has 0 bridgehead atoms. The molecule has 0 aliphatic carbocycles. The van der Waals surface area contributed by atoms with Gasteiger partial charge in [-0.25, -0.2) is 0 Å². The fraction of sp³-hybridized carbons (Fsp3) is 0.455. The van der Waals surface area contributed by atoms with E-state index < -0.39 is 0 Å². The van der Waals surface area contributed by atoms with Gasteiger partial charge >= 0.3 is 0 Å². The van der Waals surface area contributed by atoms with E-state index in [9.17, 15) is 9.59 Å². The van der Waals surface area contributed by atoms with Crippen molar-refractivity contribution >= 4 is 11.8 Å². The van der Waals surface area contributed by atoms with Gasteiger partial charge in [0, 0.05) is 38.4 Å². The molecule has 2 aromatic rings. The molecule has 0 spiro atoms. The Morgan fingerprint density at radius 3 is 2.22 bits per heavy atom. The molecular formula is C22H31N3O2. The van der Waals surface area contributed by atoms with Crippen LogP contribution in [0.5, 0.6) is 0 Å². The Labute approximate surface area is 162 Å². The average molecular weight is 370 g/mol. The average Bonchev–Trinajstić information content (AvgIpc) is 3.05. The summed E-state index contributed by atoms with van der Waals surface area (Å²) in [6.45, 7) is 7.74. The van der Waals surface area contributed by atoms with E-state index in [2.05, 4.69) is 13.8 Å². The van der Waals surface area contributed by atoms with E-state index in [1.165, 1.54) is 0 Å². The molecule has 0 atom stereocenters. The quantitative estimate of drug-likeness (QED) is 0.680. The molecule has 0 saturated heterocycles. The molecule has 1 aromatic carbocycles. The van der Waals surface area contributed by atoms with Crippen LogP contribution in [0.4, 0.5) is 0 Å². The molecule has 2 amide bonds. The Kier molecular flexibility index (Phi) is 7.65. The van der Waals surface area contributed by atoms with Crippen molar-refractivity contribution in [3.05, 3.63) is 59.9 Å². The summed E-state index contributed by atoms with van der Waals surface area (Å²) in [6, 6.07) is 14.0. The van der Waals surface area contributed by atoms with E-state index in [0.717, 1.165) is 11.3 Å². The van der Waals surface area contributed by atoms with Gasteiger partial charge in [0.15, 0.2) is 0 Å². The third-order valence-electron chi connectivity index (χ3n) is 4.54. The third kappa shape index (κ3) is 6.27. The van der Waals surface area contributed by atoms with Gasteiger partial charge in [0.05, 0.1) is 13.1 Å². The van der Waals surface area contributed by atoms with Gasteiger partial charge in [-0.1, -0.05) is 51.1 Å². The van der Waals surface area contributed by atoms with Crippen LogP contribution in [0.25, 0.3) is 0 Å². The maximum atomic E-state index is 13.1. The molecule has 5 heteroatoms. The van der Waals surface area contributed by atoms with Gasteiger partial charge in [-0.3, -0.25) is 9.59 Å². The molecule has 27 heavy (non-hydrogen) atoms. The lowest BCUT2D eigenvalue weighted by atomic mass is 10.2. The van der Waals surface area contributed by atoms with Crippen molar-refractivity contribution < 1.29 is 9.59 Å². The van der Waals surface area contributed by atoms with E-state index in [-0.39, 0.29) is 18.4 Å².